The zero-order valence-corrected chi connectivity index (χ0v) is 27.9. The highest BCUT2D eigenvalue weighted by Gasteiger charge is 2.50. The maximum absolute atomic E-state index is 17.3. The quantitative estimate of drug-likeness (QED) is 0.161. The number of carbonyl (C=O) groups excluding carboxylic acids is 1. The number of pyridine rings is 1. The third-order valence-corrected chi connectivity index (χ3v) is 11.1. The van der Waals surface area contributed by atoms with E-state index in [-0.39, 0.29) is 88.7 Å². The van der Waals surface area contributed by atoms with Gasteiger partial charge in [-0.25, -0.2) is 22.9 Å². The highest BCUT2D eigenvalue weighted by atomic mass is 19.1. The Balaban J connectivity index is 1.24. The molecule has 0 spiro atoms. The van der Waals surface area contributed by atoms with Crippen molar-refractivity contribution in [3.05, 3.63) is 41.5 Å². The summed E-state index contributed by atoms with van der Waals surface area (Å²) in [6, 6.07) is 5.66. The number of ether oxygens (including phenoxy) is 4. The number of piperazine rings is 1. The molecule has 0 unspecified atom stereocenters. The molecule has 0 radical (unpaired) electrons. The second-order valence-electron chi connectivity index (χ2n) is 14.0. The summed E-state index contributed by atoms with van der Waals surface area (Å²) in [6.07, 6.45) is 7.87. The van der Waals surface area contributed by atoms with Crippen LogP contribution in [0.5, 0.6) is 17.6 Å². The summed E-state index contributed by atoms with van der Waals surface area (Å²) in [5.41, 5.74) is -0.893. The third-order valence-electron chi connectivity index (χ3n) is 11.1. The number of benzene rings is 2. The number of aromatic nitrogens is 3. The van der Waals surface area contributed by atoms with E-state index in [0.29, 0.717) is 30.7 Å². The topological polar surface area (TPSA) is 111 Å². The van der Waals surface area contributed by atoms with Crippen LogP contribution in [0.25, 0.3) is 32.9 Å². The SMILES string of the molecule is C#Cc1c(F)ccc2cc(OC(=O)OCC)cc(-c3nc4c5c(nc(OC[C@@]67CCCN6C[C@H](F)C7)nc5c3F)N3C[C@H]5CC[C@H](N5)[C@H]3CO4)c12. The summed E-state index contributed by atoms with van der Waals surface area (Å²) in [5.74, 6) is 1.39. The molecule has 4 fully saturated rings. The number of fused-ring (bicyclic) bond motifs is 7. The van der Waals surface area contributed by atoms with Gasteiger partial charge in [-0.1, -0.05) is 12.0 Å². The maximum atomic E-state index is 17.3. The number of carbonyl (C=O) groups is 1. The zero-order valence-electron chi connectivity index (χ0n) is 27.9. The van der Waals surface area contributed by atoms with Gasteiger partial charge in [-0.2, -0.15) is 9.97 Å². The molecule has 0 aliphatic carbocycles. The molecular formula is C37H35F3N6O5. The van der Waals surface area contributed by atoms with Crippen molar-refractivity contribution in [3.8, 4) is 41.2 Å². The number of anilines is 1. The normalized spacial score (nSPS) is 26.4. The minimum atomic E-state index is -0.968. The summed E-state index contributed by atoms with van der Waals surface area (Å²) in [6.45, 7) is 3.85. The largest absolute Gasteiger partial charge is 0.513 e. The molecule has 51 heavy (non-hydrogen) atoms. The second kappa shape index (κ2) is 12.1. The van der Waals surface area contributed by atoms with Crippen LogP contribution in [0.4, 0.5) is 23.8 Å². The van der Waals surface area contributed by atoms with E-state index < -0.39 is 29.5 Å². The van der Waals surface area contributed by atoms with Crippen molar-refractivity contribution in [3.63, 3.8) is 0 Å². The highest BCUT2D eigenvalue weighted by molar-refractivity contribution is 6.04. The molecule has 2 aromatic carbocycles. The Morgan fingerprint density at radius 3 is 2.90 bits per heavy atom. The molecule has 11 nitrogen and oxygen atoms in total. The van der Waals surface area contributed by atoms with Gasteiger partial charge in [-0.3, -0.25) is 4.90 Å². The lowest BCUT2D eigenvalue weighted by Gasteiger charge is -2.40. The van der Waals surface area contributed by atoms with Crippen molar-refractivity contribution in [1.29, 1.82) is 0 Å². The van der Waals surface area contributed by atoms with Gasteiger partial charge in [-0.15, -0.1) is 6.42 Å². The van der Waals surface area contributed by atoms with Crippen LogP contribution in [0, 0.1) is 24.0 Å². The van der Waals surface area contributed by atoms with Crippen molar-refractivity contribution in [2.45, 2.75) is 68.9 Å². The van der Waals surface area contributed by atoms with Gasteiger partial charge in [0.25, 0.3) is 0 Å². The first-order valence-corrected chi connectivity index (χ1v) is 17.4. The van der Waals surface area contributed by atoms with E-state index in [9.17, 15) is 9.18 Å². The van der Waals surface area contributed by atoms with Crippen LogP contribution in [-0.4, -0.2) is 95.3 Å². The predicted molar refractivity (Wildman–Crippen MR) is 181 cm³/mol. The van der Waals surface area contributed by atoms with E-state index in [1.165, 1.54) is 24.3 Å². The first-order valence-electron chi connectivity index (χ1n) is 17.4. The average molecular weight is 701 g/mol. The second-order valence-corrected chi connectivity index (χ2v) is 14.0. The predicted octanol–water partition coefficient (Wildman–Crippen LogP) is 5.30. The van der Waals surface area contributed by atoms with Crippen molar-refractivity contribution < 1.29 is 36.9 Å². The number of rotatable bonds is 6. The first kappa shape index (κ1) is 32.1. The van der Waals surface area contributed by atoms with E-state index in [2.05, 4.69) is 26.0 Å². The number of hydrogen-bond donors (Lipinski definition) is 1. The number of hydrogen-bond acceptors (Lipinski definition) is 11. The molecule has 4 saturated heterocycles. The highest BCUT2D eigenvalue weighted by Crippen LogP contribution is 2.46. The Kier molecular flexibility index (Phi) is 7.62. The summed E-state index contributed by atoms with van der Waals surface area (Å²) < 4.78 is 70.2. The lowest BCUT2D eigenvalue weighted by atomic mass is 9.95. The van der Waals surface area contributed by atoms with E-state index in [1.807, 2.05) is 0 Å². The summed E-state index contributed by atoms with van der Waals surface area (Å²) in [4.78, 5) is 30.8. The van der Waals surface area contributed by atoms with Crippen LogP contribution >= 0.6 is 0 Å². The number of terminal acetylenes is 1. The van der Waals surface area contributed by atoms with Crippen LogP contribution in [0.15, 0.2) is 24.3 Å². The van der Waals surface area contributed by atoms with Crippen LogP contribution in [0.3, 0.4) is 0 Å². The van der Waals surface area contributed by atoms with Gasteiger partial charge in [0.1, 0.15) is 53.4 Å². The van der Waals surface area contributed by atoms with Crippen LogP contribution in [0.2, 0.25) is 0 Å². The lowest BCUT2D eigenvalue weighted by Crippen LogP contribution is -2.60. The van der Waals surface area contributed by atoms with Gasteiger partial charge < -0.3 is 29.2 Å². The summed E-state index contributed by atoms with van der Waals surface area (Å²) in [5, 5.41) is 4.51. The van der Waals surface area contributed by atoms with Gasteiger partial charge in [0.05, 0.1) is 23.8 Å². The molecular weight excluding hydrogens is 665 g/mol. The van der Waals surface area contributed by atoms with Crippen LogP contribution < -0.4 is 24.4 Å². The van der Waals surface area contributed by atoms with Crippen LogP contribution in [0.1, 0.15) is 44.6 Å². The molecule has 1 N–H and O–H groups in total. The molecule has 264 valence electrons. The minimum Gasteiger partial charge on any atom is -0.475 e. The fourth-order valence-electron chi connectivity index (χ4n) is 8.85. The lowest BCUT2D eigenvalue weighted by molar-refractivity contribution is 0.104. The molecule has 2 aromatic heterocycles. The van der Waals surface area contributed by atoms with Gasteiger partial charge in [0.15, 0.2) is 5.82 Å². The molecule has 0 amide bonds. The van der Waals surface area contributed by atoms with E-state index in [0.717, 1.165) is 32.2 Å². The molecule has 14 heteroatoms. The van der Waals surface area contributed by atoms with Gasteiger partial charge in [0, 0.05) is 42.5 Å². The molecule has 7 heterocycles. The van der Waals surface area contributed by atoms with E-state index in [1.54, 1.807) is 6.92 Å². The van der Waals surface area contributed by atoms with Crippen molar-refractivity contribution in [2.24, 2.45) is 0 Å². The van der Waals surface area contributed by atoms with Gasteiger partial charge in [0.2, 0.25) is 5.88 Å². The zero-order chi connectivity index (χ0) is 35.0. The molecule has 4 aromatic rings. The Labute approximate surface area is 291 Å². The molecule has 9 rings (SSSR count). The minimum absolute atomic E-state index is 0.00773. The first-order chi connectivity index (χ1) is 24.7. The molecule has 0 saturated carbocycles. The Bertz CT molecular complexity index is 2150. The third kappa shape index (κ3) is 5.19. The van der Waals surface area contributed by atoms with E-state index >= 15 is 8.78 Å². The van der Waals surface area contributed by atoms with Gasteiger partial charge >= 0.3 is 12.2 Å². The van der Waals surface area contributed by atoms with Crippen molar-refractivity contribution in [2.75, 3.05) is 44.4 Å². The summed E-state index contributed by atoms with van der Waals surface area (Å²) in [7, 11) is 0. The smallest absolute Gasteiger partial charge is 0.475 e. The molecule has 5 aliphatic rings. The number of nitrogens with zero attached hydrogens (tertiary/aromatic N) is 5. The monoisotopic (exact) mass is 700 g/mol. The standard InChI is InChI=1S/C37H35F3N6O5/c1-3-23-25(39)8-6-19-12-22(51-36(47)48-4-2)13-24(28(19)23)31-30(40)32-29-33(46-16-21-7-9-26(41-21)27(46)17-49-34(29)42-31)44-35(43-32)50-18-37-10-5-11-45(37)15-20(38)14-37/h1,6,8,12-13,20-21,26-27,41H,4-5,7,9-11,14-18H2,2H3/t20-,21-,26+,27-,37+/m1/s1. The van der Waals surface area contributed by atoms with Gasteiger partial charge in [-0.05, 0) is 62.7 Å². The average Bonchev–Trinajstić information content (AvgIpc) is 3.75. The Hall–Kier alpha value is -4.87. The number of alkyl halides is 1. The van der Waals surface area contributed by atoms with Crippen LogP contribution in [-0.2, 0) is 4.74 Å². The van der Waals surface area contributed by atoms with Crippen molar-refractivity contribution >= 4 is 33.6 Å². The Morgan fingerprint density at radius 1 is 1.18 bits per heavy atom. The fourth-order valence-corrected chi connectivity index (χ4v) is 8.85. The number of halogens is 3. The van der Waals surface area contributed by atoms with E-state index in [4.69, 9.17) is 35.3 Å². The molecule has 5 atom stereocenters. The fraction of sp³-hybridized carbons (Fsp3) is 0.459. The summed E-state index contributed by atoms with van der Waals surface area (Å²) >= 11 is 0. The number of nitrogens with one attached hydrogen (secondary N) is 1. The Morgan fingerprint density at radius 2 is 2.06 bits per heavy atom. The molecule has 2 bridgehead atoms. The maximum Gasteiger partial charge on any atom is 0.513 e. The van der Waals surface area contributed by atoms with Crippen molar-refractivity contribution in [1.82, 2.24) is 25.2 Å². The molecule has 5 aliphatic heterocycles.